The van der Waals surface area contributed by atoms with Crippen LogP contribution in [0.15, 0.2) is 29.2 Å². The van der Waals surface area contributed by atoms with E-state index >= 15 is 0 Å². The summed E-state index contributed by atoms with van der Waals surface area (Å²) in [7, 11) is 0. The molecule has 1 heterocycles. The Hall–Kier alpha value is -0.770. The Morgan fingerprint density at radius 2 is 1.88 bits per heavy atom. The average Bonchev–Trinajstić information content (AvgIpc) is 2.80. The molecule has 1 saturated heterocycles. The Bertz CT molecular complexity index is 338. The summed E-state index contributed by atoms with van der Waals surface area (Å²) in [5.74, 6) is -0.120. The van der Waals surface area contributed by atoms with Crippen LogP contribution in [0.4, 0.5) is 14.5 Å². The van der Waals surface area contributed by atoms with Gasteiger partial charge in [0, 0.05) is 18.0 Å². The fourth-order valence-corrected chi connectivity index (χ4v) is 2.78. The van der Waals surface area contributed by atoms with Crippen LogP contribution in [-0.2, 0) is 0 Å². The van der Waals surface area contributed by atoms with Gasteiger partial charge in [-0.1, -0.05) is 12.1 Å². The summed E-state index contributed by atoms with van der Waals surface area (Å²) in [5, 5.41) is 0. The molecule has 1 aliphatic rings. The second-order valence-corrected chi connectivity index (χ2v) is 4.93. The lowest BCUT2D eigenvalue weighted by Crippen LogP contribution is -2.18. The molecule has 1 nitrogen and oxygen atoms in total. The lowest BCUT2D eigenvalue weighted by molar-refractivity contribution is 0.177. The molecule has 0 bridgehead atoms. The fourth-order valence-electron chi connectivity index (χ4n) is 1.95. The maximum Gasteiger partial charge on any atom is 0.247 e. The third kappa shape index (κ3) is 2.88. The normalized spacial score (nSPS) is 16.1. The summed E-state index contributed by atoms with van der Waals surface area (Å²) >= 11 is 1.25. The number of anilines is 1. The van der Waals surface area contributed by atoms with Gasteiger partial charge in [-0.05, 0) is 25.0 Å². The SMILES string of the molecule is FC(F)CSc1ccccc1N1CCCC1. The third-order valence-electron chi connectivity index (χ3n) is 2.68. The van der Waals surface area contributed by atoms with Gasteiger partial charge in [0.15, 0.2) is 0 Å². The molecule has 88 valence electrons. The van der Waals surface area contributed by atoms with Gasteiger partial charge >= 0.3 is 0 Å². The molecular weight excluding hydrogens is 228 g/mol. The van der Waals surface area contributed by atoms with E-state index in [1.165, 1.54) is 24.6 Å². The number of benzene rings is 1. The molecule has 2 rings (SSSR count). The van der Waals surface area contributed by atoms with E-state index in [2.05, 4.69) is 4.90 Å². The maximum atomic E-state index is 12.2. The minimum Gasteiger partial charge on any atom is -0.371 e. The Labute approximate surface area is 98.8 Å². The Morgan fingerprint density at radius 3 is 2.56 bits per heavy atom. The monoisotopic (exact) mass is 243 g/mol. The van der Waals surface area contributed by atoms with E-state index in [1.807, 2.05) is 24.3 Å². The Morgan fingerprint density at radius 1 is 1.19 bits per heavy atom. The van der Waals surface area contributed by atoms with Crippen LogP contribution in [0.3, 0.4) is 0 Å². The second kappa shape index (κ2) is 5.53. The number of thioether (sulfide) groups is 1. The molecule has 0 amide bonds. The number of hydrogen-bond donors (Lipinski definition) is 0. The first kappa shape index (κ1) is 11.7. The van der Waals surface area contributed by atoms with Crippen molar-refractivity contribution in [2.45, 2.75) is 24.2 Å². The Balaban J connectivity index is 2.10. The van der Waals surface area contributed by atoms with Gasteiger partial charge in [-0.15, -0.1) is 11.8 Å². The topological polar surface area (TPSA) is 3.24 Å². The van der Waals surface area contributed by atoms with Crippen LogP contribution in [0.25, 0.3) is 0 Å². The molecule has 0 aliphatic carbocycles. The number of halogens is 2. The van der Waals surface area contributed by atoms with Crippen molar-refractivity contribution in [1.29, 1.82) is 0 Å². The molecule has 0 saturated carbocycles. The molecule has 0 spiro atoms. The molecule has 1 aromatic rings. The molecule has 0 N–H and O–H groups in total. The quantitative estimate of drug-likeness (QED) is 0.743. The number of alkyl halides is 2. The van der Waals surface area contributed by atoms with Gasteiger partial charge in [-0.3, -0.25) is 0 Å². The molecule has 0 unspecified atom stereocenters. The lowest BCUT2D eigenvalue weighted by atomic mass is 10.3. The molecule has 4 heteroatoms. The first-order chi connectivity index (χ1) is 7.77. The van der Waals surface area contributed by atoms with Crippen LogP contribution in [-0.4, -0.2) is 25.3 Å². The molecule has 0 aromatic heterocycles. The molecule has 1 aliphatic heterocycles. The van der Waals surface area contributed by atoms with E-state index in [0.717, 1.165) is 23.7 Å². The number of para-hydroxylation sites is 1. The summed E-state index contributed by atoms with van der Waals surface area (Å²) in [5.41, 5.74) is 1.12. The zero-order valence-electron chi connectivity index (χ0n) is 9.03. The van der Waals surface area contributed by atoms with Crippen LogP contribution in [0.5, 0.6) is 0 Å². The van der Waals surface area contributed by atoms with Crippen molar-refractivity contribution in [3.8, 4) is 0 Å². The highest BCUT2D eigenvalue weighted by molar-refractivity contribution is 7.99. The van der Waals surface area contributed by atoms with Crippen LogP contribution in [0.2, 0.25) is 0 Å². The van der Waals surface area contributed by atoms with E-state index in [0.29, 0.717) is 0 Å². The van der Waals surface area contributed by atoms with Crippen molar-refractivity contribution in [3.05, 3.63) is 24.3 Å². The molecule has 1 fully saturated rings. The van der Waals surface area contributed by atoms with E-state index < -0.39 is 6.43 Å². The minimum atomic E-state index is -2.24. The number of nitrogens with zero attached hydrogens (tertiary/aromatic N) is 1. The van der Waals surface area contributed by atoms with E-state index in [4.69, 9.17) is 0 Å². The first-order valence-electron chi connectivity index (χ1n) is 5.52. The van der Waals surface area contributed by atoms with Crippen molar-refractivity contribution in [3.63, 3.8) is 0 Å². The molecule has 1 aromatic carbocycles. The second-order valence-electron chi connectivity index (χ2n) is 3.86. The van der Waals surface area contributed by atoms with Crippen LogP contribution in [0.1, 0.15) is 12.8 Å². The summed E-state index contributed by atoms with van der Waals surface area (Å²) in [6, 6.07) is 7.84. The van der Waals surface area contributed by atoms with Gasteiger partial charge in [0.05, 0.1) is 11.4 Å². The van der Waals surface area contributed by atoms with E-state index in [1.54, 1.807) is 0 Å². The van der Waals surface area contributed by atoms with E-state index in [9.17, 15) is 8.78 Å². The highest BCUT2D eigenvalue weighted by Crippen LogP contribution is 2.32. The molecule has 0 radical (unpaired) electrons. The minimum absolute atomic E-state index is 0.120. The van der Waals surface area contributed by atoms with Crippen molar-refractivity contribution in [2.75, 3.05) is 23.7 Å². The van der Waals surface area contributed by atoms with Crippen molar-refractivity contribution in [1.82, 2.24) is 0 Å². The Kier molecular flexibility index (Phi) is 4.04. The molecule has 0 atom stereocenters. The molecular formula is C12H15F2NS. The van der Waals surface area contributed by atoms with Gasteiger partial charge in [0.1, 0.15) is 0 Å². The van der Waals surface area contributed by atoms with Crippen LogP contribution < -0.4 is 4.90 Å². The van der Waals surface area contributed by atoms with Crippen LogP contribution >= 0.6 is 11.8 Å². The predicted molar refractivity (Wildman–Crippen MR) is 64.6 cm³/mol. The highest BCUT2D eigenvalue weighted by atomic mass is 32.2. The molecule has 16 heavy (non-hydrogen) atoms. The van der Waals surface area contributed by atoms with Gasteiger partial charge in [0.2, 0.25) is 6.43 Å². The maximum absolute atomic E-state index is 12.2. The standard InChI is InChI=1S/C12H15F2NS/c13-12(14)9-16-11-6-2-1-5-10(11)15-7-3-4-8-15/h1-2,5-6,12H,3-4,7-9H2. The van der Waals surface area contributed by atoms with Gasteiger partial charge in [0.25, 0.3) is 0 Å². The third-order valence-corrected chi connectivity index (χ3v) is 3.75. The summed E-state index contributed by atoms with van der Waals surface area (Å²) in [6.45, 7) is 2.10. The van der Waals surface area contributed by atoms with Crippen molar-refractivity contribution >= 4 is 17.4 Å². The average molecular weight is 243 g/mol. The van der Waals surface area contributed by atoms with Crippen molar-refractivity contribution < 1.29 is 8.78 Å². The highest BCUT2D eigenvalue weighted by Gasteiger charge is 2.16. The van der Waals surface area contributed by atoms with Crippen LogP contribution in [0, 0.1) is 0 Å². The smallest absolute Gasteiger partial charge is 0.247 e. The largest absolute Gasteiger partial charge is 0.371 e. The zero-order valence-corrected chi connectivity index (χ0v) is 9.85. The van der Waals surface area contributed by atoms with Gasteiger partial charge < -0.3 is 4.90 Å². The summed E-state index contributed by atoms with van der Waals surface area (Å²) in [6.07, 6.45) is 0.165. The fraction of sp³-hybridized carbons (Fsp3) is 0.500. The van der Waals surface area contributed by atoms with Gasteiger partial charge in [-0.25, -0.2) is 8.78 Å². The van der Waals surface area contributed by atoms with E-state index in [-0.39, 0.29) is 5.75 Å². The number of rotatable bonds is 4. The zero-order chi connectivity index (χ0) is 11.4. The summed E-state index contributed by atoms with van der Waals surface area (Å²) in [4.78, 5) is 3.26. The van der Waals surface area contributed by atoms with Crippen molar-refractivity contribution in [2.24, 2.45) is 0 Å². The predicted octanol–water partition coefficient (Wildman–Crippen LogP) is 3.64. The lowest BCUT2D eigenvalue weighted by Gasteiger charge is -2.20. The van der Waals surface area contributed by atoms with Gasteiger partial charge in [-0.2, -0.15) is 0 Å². The number of hydrogen-bond acceptors (Lipinski definition) is 2. The first-order valence-corrected chi connectivity index (χ1v) is 6.51. The summed E-state index contributed by atoms with van der Waals surface area (Å²) < 4.78 is 24.4.